The number of aryl methyl sites for hydroxylation is 1. The van der Waals surface area contributed by atoms with E-state index in [-0.39, 0.29) is 0 Å². The Labute approximate surface area is 111 Å². The molecule has 92 valence electrons. The molecule has 0 radical (unpaired) electrons. The lowest BCUT2D eigenvalue weighted by Gasteiger charge is -2.04. The van der Waals surface area contributed by atoms with Crippen molar-refractivity contribution in [1.82, 2.24) is 9.61 Å². The maximum atomic E-state index is 4.74. The Bertz CT molecular complexity index is 903. The van der Waals surface area contributed by atoms with Gasteiger partial charge in [-0.25, -0.2) is 4.52 Å². The molecule has 0 N–H and O–H groups in total. The largest absolute Gasteiger partial charge is 0.240 e. The highest BCUT2D eigenvalue weighted by molar-refractivity contribution is 6.11. The molecule has 0 unspecified atom stereocenters. The lowest BCUT2D eigenvalue weighted by Crippen LogP contribution is -1.85. The van der Waals surface area contributed by atoms with Gasteiger partial charge in [0.2, 0.25) is 0 Å². The molecule has 2 aromatic heterocycles. The molecule has 0 aliphatic carbocycles. The predicted octanol–water partition coefficient (Wildman–Crippen LogP) is 4.20. The molecule has 0 bridgehead atoms. The second-order valence-electron chi connectivity index (χ2n) is 4.86. The fraction of sp³-hybridized carbons (Fsp3) is 0.118. The smallest absolute Gasteiger partial charge is 0.101 e. The first kappa shape index (κ1) is 10.6. The monoisotopic (exact) mass is 246 g/mol. The number of hydrogen-bond donors (Lipinski definition) is 0. The highest BCUT2D eigenvalue weighted by Crippen LogP contribution is 2.30. The van der Waals surface area contributed by atoms with Crippen molar-refractivity contribution >= 4 is 27.2 Å². The van der Waals surface area contributed by atoms with Gasteiger partial charge in [-0.3, -0.25) is 0 Å². The fourth-order valence-corrected chi connectivity index (χ4v) is 2.87. The van der Waals surface area contributed by atoms with E-state index in [1.807, 2.05) is 16.8 Å². The van der Waals surface area contributed by atoms with Crippen molar-refractivity contribution in [3.63, 3.8) is 0 Å². The quantitative estimate of drug-likeness (QED) is 0.492. The third kappa shape index (κ3) is 1.40. The van der Waals surface area contributed by atoms with E-state index in [4.69, 9.17) is 5.10 Å². The van der Waals surface area contributed by atoms with Crippen molar-refractivity contribution in [2.45, 2.75) is 13.3 Å². The normalized spacial score (nSPS) is 11.6. The van der Waals surface area contributed by atoms with E-state index >= 15 is 0 Å². The zero-order valence-corrected chi connectivity index (χ0v) is 10.8. The lowest BCUT2D eigenvalue weighted by atomic mass is 9.99. The number of pyridine rings is 1. The number of fused-ring (bicyclic) bond motifs is 5. The minimum Gasteiger partial charge on any atom is -0.240 e. The van der Waals surface area contributed by atoms with Crippen LogP contribution in [-0.4, -0.2) is 9.61 Å². The molecule has 0 saturated carbocycles. The molecule has 0 fully saturated rings. The molecule has 4 aromatic rings. The maximum Gasteiger partial charge on any atom is 0.101 e. The first-order valence-electron chi connectivity index (χ1n) is 6.66. The highest BCUT2D eigenvalue weighted by atomic mass is 15.2. The average Bonchev–Trinajstić information content (AvgIpc) is 2.85. The third-order valence-corrected chi connectivity index (χ3v) is 3.81. The molecule has 2 nitrogen and oxygen atoms in total. The van der Waals surface area contributed by atoms with Gasteiger partial charge in [0.1, 0.15) is 5.52 Å². The predicted molar refractivity (Wildman–Crippen MR) is 79.6 cm³/mol. The van der Waals surface area contributed by atoms with E-state index in [0.29, 0.717) is 0 Å². The summed E-state index contributed by atoms with van der Waals surface area (Å²) < 4.78 is 1.97. The lowest BCUT2D eigenvalue weighted by molar-refractivity contribution is 0.983. The SMILES string of the molecule is CCc1cc2c(nn3ccccc23)c2ccccc12. The summed E-state index contributed by atoms with van der Waals surface area (Å²) in [5.74, 6) is 0. The summed E-state index contributed by atoms with van der Waals surface area (Å²) in [5.41, 5.74) is 3.67. The minimum absolute atomic E-state index is 1.04. The first-order chi connectivity index (χ1) is 9.38. The van der Waals surface area contributed by atoms with E-state index in [1.54, 1.807) is 0 Å². The molecule has 0 atom stereocenters. The van der Waals surface area contributed by atoms with Crippen LogP contribution in [0.25, 0.3) is 27.2 Å². The first-order valence-corrected chi connectivity index (χ1v) is 6.66. The van der Waals surface area contributed by atoms with Crippen LogP contribution in [0, 0.1) is 0 Å². The van der Waals surface area contributed by atoms with Crippen LogP contribution in [0.5, 0.6) is 0 Å². The Balaban J connectivity index is 2.32. The van der Waals surface area contributed by atoms with Gasteiger partial charge < -0.3 is 0 Å². The molecule has 0 amide bonds. The molecule has 4 rings (SSSR count). The Morgan fingerprint density at radius 1 is 0.947 bits per heavy atom. The van der Waals surface area contributed by atoms with Crippen molar-refractivity contribution in [3.8, 4) is 0 Å². The fourth-order valence-electron chi connectivity index (χ4n) is 2.87. The van der Waals surface area contributed by atoms with Crippen molar-refractivity contribution in [3.05, 3.63) is 60.3 Å². The Morgan fingerprint density at radius 3 is 2.58 bits per heavy atom. The number of rotatable bonds is 1. The number of aromatic nitrogens is 2. The van der Waals surface area contributed by atoms with Crippen molar-refractivity contribution in [2.24, 2.45) is 0 Å². The molecular weight excluding hydrogens is 232 g/mol. The van der Waals surface area contributed by atoms with Gasteiger partial charge in [0.25, 0.3) is 0 Å². The van der Waals surface area contributed by atoms with Crippen LogP contribution in [0.15, 0.2) is 54.7 Å². The van der Waals surface area contributed by atoms with E-state index in [1.165, 1.54) is 27.2 Å². The van der Waals surface area contributed by atoms with Crippen LogP contribution in [0.1, 0.15) is 12.5 Å². The van der Waals surface area contributed by atoms with E-state index < -0.39 is 0 Å². The van der Waals surface area contributed by atoms with E-state index in [9.17, 15) is 0 Å². The Morgan fingerprint density at radius 2 is 1.74 bits per heavy atom. The van der Waals surface area contributed by atoms with Gasteiger partial charge in [-0.1, -0.05) is 37.3 Å². The van der Waals surface area contributed by atoms with E-state index in [2.05, 4.69) is 49.4 Å². The Kier molecular flexibility index (Phi) is 2.12. The minimum atomic E-state index is 1.04. The summed E-state index contributed by atoms with van der Waals surface area (Å²) in [4.78, 5) is 0. The topological polar surface area (TPSA) is 17.3 Å². The molecule has 2 aromatic carbocycles. The van der Waals surface area contributed by atoms with Crippen LogP contribution >= 0.6 is 0 Å². The Hall–Kier alpha value is -2.35. The zero-order valence-electron chi connectivity index (χ0n) is 10.8. The standard InChI is InChI=1S/C17H14N2/c1-2-12-11-15-16-9-5-6-10-19(16)18-17(15)14-8-4-3-7-13(12)14/h3-11H,2H2,1H3. The van der Waals surface area contributed by atoms with Crippen LogP contribution in [-0.2, 0) is 6.42 Å². The molecule has 0 saturated heterocycles. The number of benzene rings is 2. The van der Waals surface area contributed by atoms with Gasteiger partial charge >= 0.3 is 0 Å². The van der Waals surface area contributed by atoms with Gasteiger partial charge in [0.15, 0.2) is 0 Å². The van der Waals surface area contributed by atoms with Gasteiger partial charge in [-0.05, 0) is 35.6 Å². The molecular formula is C17H14N2. The second-order valence-corrected chi connectivity index (χ2v) is 4.86. The molecule has 2 heteroatoms. The van der Waals surface area contributed by atoms with Crippen LogP contribution in [0.4, 0.5) is 0 Å². The van der Waals surface area contributed by atoms with Gasteiger partial charge in [-0.2, -0.15) is 5.10 Å². The zero-order chi connectivity index (χ0) is 12.8. The van der Waals surface area contributed by atoms with Gasteiger partial charge in [0, 0.05) is 17.0 Å². The van der Waals surface area contributed by atoms with Crippen molar-refractivity contribution in [1.29, 1.82) is 0 Å². The van der Waals surface area contributed by atoms with Gasteiger partial charge in [0.05, 0.1) is 5.52 Å². The van der Waals surface area contributed by atoms with Crippen LogP contribution in [0.3, 0.4) is 0 Å². The highest BCUT2D eigenvalue weighted by Gasteiger charge is 2.10. The summed E-state index contributed by atoms with van der Waals surface area (Å²) in [7, 11) is 0. The second kappa shape index (κ2) is 3.82. The van der Waals surface area contributed by atoms with E-state index in [0.717, 1.165) is 11.9 Å². The van der Waals surface area contributed by atoms with Crippen molar-refractivity contribution < 1.29 is 0 Å². The van der Waals surface area contributed by atoms with Crippen LogP contribution in [0.2, 0.25) is 0 Å². The average molecular weight is 246 g/mol. The van der Waals surface area contributed by atoms with Crippen molar-refractivity contribution in [2.75, 3.05) is 0 Å². The molecule has 0 aliphatic heterocycles. The molecule has 2 heterocycles. The summed E-state index contributed by atoms with van der Waals surface area (Å²) >= 11 is 0. The summed E-state index contributed by atoms with van der Waals surface area (Å²) in [6.45, 7) is 2.21. The van der Waals surface area contributed by atoms with Gasteiger partial charge in [-0.15, -0.1) is 0 Å². The van der Waals surface area contributed by atoms with Crippen LogP contribution < -0.4 is 0 Å². The number of nitrogens with zero attached hydrogens (tertiary/aromatic N) is 2. The third-order valence-electron chi connectivity index (χ3n) is 3.81. The number of hydrogen-bond acceptors (Lipinski definition) is 1. The summed E-state index contributed by atoms with van der Waals surface area (Å²) in [6.07, 6.45) is 3.05. The maximum absolute atomic E-state index is 4.74. The summed E-state index contributed by atoms with van der Waals surface area (Å²) in [5, 5.41) is 8.55. The molecule has 0 spiro atoms. The summed E-state index contributed by atoms with van der Waals surface area (Å²) in [6, 6.07) is 17.1. The molecule has 19 heavy (non-hydrogen) atoms. The molecule has 0 aliphatic rings.